The lowest BCUT2D eigenvalue weighted by atomic mass is 10.2. The number of anilines is 1. The molecular weight excluding hydrogens is 214 g/mol. The van der Waals surface area contributed by atoms with Crippen LogP contribution in [-0.4, -0.2) is 19.6 Å². The average molecular weight is 231 g/mol. The van der Waals surface area contributed by atoms with Gasteiger partial charge in [-0.2, -0.15) is 0 Å². The Morgan fingerprint density at radius 1 is 1.47 bits per heavy atom. The molecule has 0 fully saturated rings. The summed E-state index contributed by atoms with van der Waals surface area (Å²) in [6, 6.07) is 7.79. The molecule has 0 spiro atoms. The van der Waals surface area contributed by atoms with Gasteiger partial charge < -0.3 is 15.8 Å². The second-order valence-electron chi connectivity index (χ2n) is 3.34. The van der Waals surface area contributed by atoms with Gasteiger partial charge in [-0.15, -0.1) is 5.92 Å². The van der Waals surface area contributed by atoms with E-state index in [1.54, 1.807) is 14.0 Å². The molecule has 0 aliphatic rings. The highest BCUT2D eigenvalue weighted by molar-refractivity contribution is 5.93. The summed E-state index contributed by atoms with van der Waals surface area (Å²) >= 11 is 0. The highest BCUT2D eigenvalue weighted by Crippen LogP contribution is 2.15. The van der Waals surface area contributed by atoms with Gasteiger partial charge in [0.2, 0.25) is 0 Å². The van der Waals surface area contributed by atoms with Gasteiger partial charge in [0.15, 0.2) is 5.96 Å². The van der Waals surface area contributed by atoms with Crippen molar-refractivity contribution in [2.24, 2.45) is 10.7 Å². The Balaban J connectivity index is 2.72. The normalized spacial score (nSPS) is 10.6. The molecule has 0 unspecified atom stereocenters. The molecule has 1 rings (SSSR count). The van der Waals surface area contributed by atoms with Gasteiger partial charge in [-0.05, 0) is 13.0 Å². The number of guanidine groups is 1. The minimum atomic E-state index is 0.358. The Hall–Kier alpha value is -1.99. The van der Waals surface area contributed by atoms with Crippen LogP contribution in [0.25, 0.3) is 0 Å². The molecule has 0 saturated carbocycles. The molecule has 1 aromatic carbocycles. The van der Waals surface area contributed by atoms with Crippen molar-refractivity contribution in [3.8, 4) is 11.8 Å². The van der Waals surface area contributed by atoms with E-state index < -0.39 is 0 Å². The Morgan fingerprint density at radius 2 is 2.24 bits per heavy atom. The summed E-state index contributed by atoms with van der Waals surface area (Å²) in [5.41, 5.74) is 7.68. The molecule has 0 amide bonds. The SMILES string of the molecule is CC#CCN=C(N)Nc1ccccc1COC. The Morgan fingerprint density at radius 3 is 2.94 bits per heavy atom. The van der Waals surface area contributed by atoms with Gasteiger partial charge in [0, 0.05) is 18.4 Å². The molecule has 90 valence electrons. The first kappa shape index (κ1) is 13.1. The molecule has 0 atom stereocenters. The third-order valence-corrected chi connectivity index (χ3v) is 2.09. The summed E-state index contributed by atoms with van der Waals surface area (Å²) in [6.07, 6.45) is 0. The number of benzene rings is 1. The lowest BCUT2D eigenvalue weighted by Gasteiger charge is -2.10. The van der Waals surface area contributed by atoms with Gasteiger partial charge in [-0.25, -0.2) is 4.99 Å². The summed E-state index contributed by atoms with van der Waals surface area (Å²) in [5.74, 6) is 5.94. The molecule has 0 bridgehead atoms. The van der Waals surface area contributed by atoms with Crippen molar-refractivity contribution < 1.29 is 4.74 Å². The van der Waals surface area contributed by atoms with E-state index in [4.69, 9.17) is 10.5 Å². The quantitative estimate of drug-likeness (QED) is 0.470. The third kappa shape index (κ3) is 4.58. The van der Waals surface area contributed by atoms with Crippen molar-refractivity contribution in [1.82, 2.24) is 0 Å². The number of nitrogens with zero attached hydrogens (tertiary/aromatic N) is 1. The van der Waals surface area contributed by atoms with E-state index in [-0.39, 0.29) is 0 Å². The molecule has 1 aromatic rings. The van der Waals surface area contributed by atoms with Crippen LogP contribution >= 0.6 is 0 Å². The van der Waals surface area contributed by atoms with Crippen molar-refractivity contribution in [3.63, 3.8) is 0 Å². The van der Waals surface area contributed by atoms with Gasteiger partial charge in [0.05, 0.1) is 6.61 Å². The summed E-state index contributed by atoms with van der Waals surface area (Å²) in [6.45, 7) is 2.71. The lowest BCUT2D eigenvalue weighted by molar-refractivity contribution is 0.185. The number of aliphatic imine (C=N–C) groups is 1. The van der Waals surface area contributed by atoms with E-state index in [0.717, 1.165) is 11.3 Å². The van der Waals surface area contributed by atoms with Gasteiger partial charge in [-0.3, -0.25) is 0 Å². The minimum absolute atomic E-state index is 0.358. The molecular formula is C13H17N3O. The number of nitrogens with one attached hydrogen (secondary N) is 1. The summed E-state index contributed by atoms with van der Waals surface area (Å²) < 4.78 is 5.11. The molecule has 0 saturated heterocycles. The number of hydrogen-bond acceptors (Lipinski definition) is 2. The largest absolute Gasteiger partial charge is 0.380 e. The molecule has 0 aliphatic heterocycles. The number of nitrogens with two attached hydrogens (primary N) is 1. The van der Waals surface area contributed by atoms with Crippen molar-refractivity contribution in [1.29, 1.82) is 0 Å². The highest BCUT2D eigenvalue weighted by atomic mass is 16.5. The van der Waals surface area contributed by atoms with Crippen LogP contribution < -0.4 is 11.1 Å². The molecule has 17 heavy (non-hydrogen) atoms. The first-order valence-electron chi connectivity index (χ1n) is 5.31. The van der Waals surface area contributed by atoms with E-state index in [9.17, 15) is 0 Å². The van der Waals surface area contributed by atoms with Crippen LogP contribution in [0.5, 0.6) is 0 Å². The Labute approximate surface area is 102 Å². The first-order valence-corrected chi connectivity index (χ1v) is 5.31. The van der Waals surface area contributed by atoms with Crippen LogP contribution in [0.3, 0.4) is 0 Å². The molecule has 0 aliphatic carbocycles. The first-order chi connectivity index (χ1) is 8.27. The van der Waals surface area contributed by atoms with E-state index in [1.165, 1.54) is 0 Å². The summed E-state index contributed by atoms with van der Waals surface area (Å²) in [5, 5.41) is 3.03. The van der Waals surface area contributed by atoms with Crippen LogP contribution in [0.15, 0.2) is 29.3 Å². The number of rotatable bonds is 4. The van der Waals surface area contributed by atoms with Crippen LogP contribution in [-0.2, 0) is 11.3 Å². The zero-order chi connectivity index (χ0) is 12.5. The smallest absolute Gasteiger partial charge is 0.194 e. The Bertz CT molecular complexity index is 443. The molecule has 4 heteroatoms. The number of methoxy groups -OCH3 is 1. The average Bonchev–Trinajstić information content (AvgIpc) is 2.32. The van der Waals surface area contributed by atoms with Crippen LogP contribution in [0.4, 0.5) is 5.69 Å². The fourth-order valence-corrected chi connectivity index (χ4v) is 1.30. The van der Waals surface area contributed by atoms with Crippen LogP contribution in [0.1, 0.15) is 12.5 Å². The fourth-order valence-electron chi connectivity index (χ4n) is 1.30. The molecule has 0 aromatic heterocycles. The fraction of sp³-hybridized carbons (Fsp3) is 0.308. The number of hydrogen-bond donors (Lipinski definition) is 2. The highest BCUT2D eigenvalue weighted by Gasteiger charge is 2.01. The van der Waals surface area contributed by atoms with E-state index in [0.29, 0.717) is 19.1 Å². The number of ether oxygens (including phenoxy) is 1. The maximum absolute atomic E-state index is 5.74. The standard InChI is InChI=1S/C13H17N3O/c1-3-4-9-15-13(14)16-12-8-6-5-7-11(12)10-17-2/h5-8H,9-10H2,1-2H3,(H3,14,15,16). The van der Waals surface area contributed by atoms with Gasteiger partial charge in [-0.1, -0.05) is 24.1 Å². The van der Waals surface area contributed by atoms with Crippen molar-refractivity contribution in [2.45, 2.75) is 13.5 Å². The second-order valence-corrected chi connectivity index (χ2v) is 3.34. The predicted molar refractivity (Wildman–Crippen MR) is 70.7 cm³/mol. The lowest BCUT2D eigenvalue weighted by Crippen LogP contribution is -2.23. The summed E-state index contributed by atoms with van der Waals surface area (Å²) in [4.78, 5) is 4.08. The van der Waals surface area contributed by atoms with Gasteiger partial charge in [0.25, 0.3) is 0 Å². The summed E-state index contributed by atoms with van der Waals surface area (Å²) in [7, 11) is 1.66. The predicted octanol–water partition coefficient (Wildman–Crippen LogP) is 1.58. The van der Waals surface area contributed by atoms with E-state index in [2.05, 4.69) is 22.2 Å². The molecule has 3 N–H and O–H groups in total. The maximum atomic E-state index is 5.74. The number of para-hydroxylation sites is 1. The molecule has 0 radical (unpaired) electrons. The van der Waals surface area contributed by atoms with Gasteiger partial charge >= 0.3 is 0 Å². The zero-order valence-corrected chi connectivity index (χ0v) is 10.2. The van der Waals surface area contributed by atoms with E-state index >= 15 is 0 Å². The van der Waals surface area contributed by atoms with Crippen molar-refractivity contribution in [3.05, 3.63) is 29.8 Å². The maximum Gasteiger partial charge on any atom is 0.194 e. The van der Waals surface area contributed by atoms with Crippen LogP contribution in [0, 0.1) is 11.8 Å². The zero-order valence-electron chi connectivity index (χ0n) is 10.2. The Kier molecular flexibility index (Phi) is 5.62. The van der Waals surface area contributed by atoms with Crippen LogP contribution in [0.2, 0.25) is 0 Å². The monoisotopic (exact) mass is 231 g/mol. The minimum Gasteiger partial charge on any atom is -0.380 e. The molecule has 0 heterocycles. The van der Waals surface area contributed by atoms with Gasteiger partial charge in [0.1, 0.15) is 6.54 Å². The van der Waals surface area contributed by atoms with Crippen molar-refractivity contribution >= 4 is 11.6 Å². The second kappa shape index (κ2) is 7.31. The van der Waals surface area contributed by atoms with E-state index in [1.807, 2.05) is 24.3 Å². The third-order valence-electron chi connectivity index (χ3n) is 2.09. The molecule has 4 nitrogen and oxygen atoms in total. The van der Waals surface area contributed by atoms with Crippen molar-refractivity contribution in [2.75, 3.05) is 19.0 Å². The topological polar surface area (TPSA) is 59.6 Å².